The molecular weight excluding hydrogens is 414 g/mol. The summed E-state index contributed by atoms with van der Waals surface area (Å²) in [5, 5.41) is 10.1. The summed E-state index contributed by atoms with van der Waals surface area (Å²) >= 11 is 6.00. The van der Waals surface area contributed by atoms with E-state index in [1.165, 1.54) is 12.1 Å². The number of para-hydroxylation sites is 1. The van der Waals surface area contributed by atoms with Gasteiger partial charge in [-0.1, -0.05) is 23.7 Å². The van der Waals surface area contributed by atoms with Gasteiger partial charge in [0.15, 0.2) is 11.6 Å². The minimum Gasteiger partial charge on any atom is -0.488 e. The fourth-order valence-corrected chi connectivity index (χ4v) is 3.35. The lowest BCUT2D eigenvalue weighted by molar-refractivity contribution is -0.137. The summed E-state index contributed by atoms with van der Waals surface area (Å²) in [6.07, 6.45) is -4.53. The molecule has 1 aromatic carbocycles. The molecule has 1 saturated heterocycles. The number of halogens is 5. The maximum atomic E-state index is 13.5. The van der Waals surface area contributed by atoms with E-state index in [1.807, 2.05) is 4.90 Å². The fraction of sp³-hybridized carbons (Fsp3) is 0.421. The lowest BCUT2D eigenvalue weighted by Crippen LogP contribution is -2.49. The Kier molecular flexibility index (Phi) is 6.81. The van der Waals surface area contributed by atoms with Crippen molar-refractivity contribution >= 4 is 17.4 Å². The minimum absolute atomic E-state index is 0.0482. The van der Waals surface area contributed by atoms with Crippen molar-refractivity contribution in [3.63, 3.8) is 0 Å². The van der Waals surface area contributed by atoms with Crippen LogP contribution in [-0.4, -0.2) is 60.4 Å². The van der Waals surface area contributed by atoms with Crippen LogP contribution in [0.25, 0.3) is 0 Å². The molecule has 1 aliphatic heterocycles. The van der Waals surface area contributed by atoms with Gasteiger partial charge in [-0.3, -0.25) is 4.90 Å². The van der Waals surface area contributed by atoms with Crippen molar-refractivity contribution in [2.24, 2.45) is 0 Å². The molecule has 10 heteroatoms. The quantitative estimate of drug-likeness (QED) is 0.707. The smallest absolute Gasteiger partial charge is 0.417 e. The number of rotatable bonds is 6. The third-order valence-corrected chi connectivity index (χ3v) is 4.84. The highest BCUT2D eigenvalue weighted by Gasteiger charge is 2.32. The number of benzene rings is 1. The molecule has 5 nitrogen and oxygen atoms in total. The van der Waals surface area contributed by atoms with Crippen molar-refractivity contribution in [3.05, 3.63) is 52.9 Å². The summed E-state index contributed by atoms with van der Waals surface area (Å²) in [6, 6.07) is 6.84. The number of β-amino-alcohol motifs (C(OH)–C–C–N with tert-alkyl or cyclic N) is 1. The molecule has 0 radical (unpaired) electrons. The van der Waals surface area contributed by atoms with Gasteiger partial charge in [-0.2, -0.15) is 13.2 Å². The van der Waals surface area contributed by atoms with Crippen LogP contribution in [0.5, 0.6) is 5.75 Å². The molecule has 1 atom stereocenters. The number of aromatic nitrogens is 1. The third-order valence-electron chi connectivity index (χ3n) is 4.56. The highest BCUT2D eigenvalue weighted by atomic mass is 35.5. The molecule has 158 valence electrons. The molecule has 0 spiro atoms. The van der Waals surface area contributed by atoms with Crippen LogP contribution in [0, 0.1) is 5.82 Å². The standard InChI is InChI=1S/C19H20ClF4N3O2/c20-15-9-13(19(22,23)24)10-25-18(15)27-7-5-26(6-8-27)11-14(28)12-29-17-4-2-1-3-16(17)21/h1-4,9-10,14,28H,5-8,11-12H2. The van der Waals surface area contributed by atoms with Gasteiger partial charge in [0.25, 0.3) is 0 Å². The van der Waals surface area contributed by atoms with Crippen LogP contribution < -0.4 is 9.64 Å². The van der Waals surface area contributed by atoms with Crippen LogP contribution in [0.3, 0.4) is 0 Å². The minimum atomic E-state index is -4.49. The second kappa shape index (κ2) is 9.15. The van der Waals surface area contributed by atoms with Crippen LogP contribution in [0.4, 0.5) is 23.4 Å². The van der Waals surface area contributed by atoms with Crippen molar-refractivity contribution in [3.8, 4) is 5.75 Å². The number of ether oxygens (including phenoxy) is 1. The number of anilines is 1. The summed E-state index contributed by atoms with van der Waals surface area (Å²) in [5.74, 6) is -0.101. The van der Waals surface area contributed by atoms with Gasteiger partial charge in [0.2, 0.25) is 0 Å². The Bertz CT molecular complexity index is 829. The van der Waals surface area contributed by atoms with Crippen molar-refractivity contribution < 1.29 is 27.4 Å². The lowest BCUT2D eigenvalue weighted by Gasteiger charge is -2.36. The van der Waals surface area contributed by atoms with Gasteiger partial charge in [0.05, 0.1) is 10.6 Å². The normalized spacial score (nSPS) is 16.7. The van der Waals surface area contributed by atoms with E-state index in [9.17, 15) is 22.7 Å². The van der Waals surface area contributed by atoms with Crippen LogP contribution in [0.15, 0.2) is 36.5 Å². The van der Waals surface area contributed by atoms with Crippen LogP contribution in [-0.2, 0) is 6.18 Å². The second-order valence-corrected chi connectivity index (χ2v) is 7.12. The number of aliphatic hydroxyl groups excluding tert-OH is 1. The van der Waals surface area contributed by atoms with Crippen LogP contribution in [0.1, 0.15) is 5.56 Å². The molecule has 3 rings (SSSR count). The molecule has 2 heterocycles. The Morgan fingerprint density at radius 2 is 1.86 bits per heavy atom. The topological polar surface area (TPSA) is 48.8 Å². The zero-order valence-electron chi connectivity index (χ0n) is 15.4. The first-order valence-electron chi connectivity index (χ1n) is 8.99. The average molecular weight is 434 g/mol. The van der Waals surface area contributed by atoms with Crippen molar-refractivity contribution in [1.82, 2.24) is 9.88 Å². The number of nitrogens with zero attached hydrogens (tertiary/aromatic N) is 3. The van der Waals surface area contributed by atoms with Gasteiger partial charge < -0.3 is 14.7 Å². The molecule has 0 amide bonds. The molecule has 1 N–H and O–H groups in total. The maximum Gasteiger partial charge on any atom is 0.417 e. The SMILES string of the molecule is OC(COc1ccccc1F)CN1CCN(c2ncc(C(F)(F)F)cc2Cl)CC1. The van der Waals surface area contributed by atoms with E-state index in [2.05, 4.69) is 4.98 Å². The number of alkyl halides is 3. The average Bonchev–Trinajstić information content (AvgIpc) is 2.67. The zero-order valence-corrected chi connectivity index (χ0v) is 16.1. The number of piperazine rings is 1. The van der Waals surface area contributed by atoms with Crippen LogP contribution >= 0.6 is 11.6 Å². The van der Waals surface area contributed by atoms with E-state index >= 15 is 0 Å². The highest BCUT2D eigenvalue weighted by molar-refractivity contribution is 6.33. The predicted octanol–water partition coefficient (Wildman–Crippen LogP) is 3.45. The molecule has 1 fully saturated rings. The Hall–Kier alpha value is -2.10. The summed E-state index contributed by atoms with van der Waals surface area (Å²) in [4.78, 5) is 7.67. The Labute approximate surface area is 170 Å². The number of aliphatic hydroxyl groups is 1. The molecular formula is C19H20ClF4N3O2. The van der Waals surface area contributed by atoms with E-state index in [-0.39, 0.29) is 17.4 Å². The summed E-state index contributed by atoms with van der Waals surface area (Å²) in [5.41, 5.74) is -0.886. The third kappa shape index (κ3) is 5.71. The van der Waals surface area contributed by atoms with E-state index in [0.29, 0.717) is 38.5 Å². The molecule has 29 heavy (non-hydrogen) atoms. The van der Waals surface area contributed by atoms with E-state index in [4.69, 9.17) is 16.3 Å². The van der Waals surface area contributed by atoms with Crippen molar-refractivity contribution in [1.29, 1.82) is 0 Å². The Morgan fingerprint density at radius 3 is 2.48 bits per heavy atom. The summed E-state index contributed by atoms with van der Waals surface area (Å²) in [6.45, 7) is 2.41. The summed E-state index contributed by atoms with van der Waals surface area (Å²) in [7, 11) is 0. The number of hydrogen-bond acceptors (Lipinski definition) is 5. The Balaban J connectivity index is 1.48. The van der Waals surface area contributed by atoms with Gasteiger partial charge in [-0.15, -0.1) is 0 Å². The maximum absolute atomic E-state index is 13.5. The molecule has 0 bridgehead atoms. The van der Waals surface area contributed by atoms with E-state index in [1.54, 1.807) is 17.0 Å². The molecule has 1 aliphatic rings. The molecule has 1 unspecified atom stereocenters. The first kappa shape index (κ1) is 21.6. The molecule has 1 aromatic heterocycles. The van der Waals surface area contributed by atoms with Gasteiger partial charge in [0.1, 0.15) is 18.5 Å². The monoisotopic (exact) mass is 433 g/mol. The zero-order chi connectivity index (χ0) is 21.0. The van der Waals surface area contributed by atoms with Crippen LogP contribution in [0.2, 0.25) is 5.02 Å². The molecule has 0 aliphatic carbocycles. The largest absolute Gasteiger partial charge is 0.488 e. The Morgan fingerprint density at radius 1 is 1.17 bits per heavy atom. The van der Waals surface area contributed by atoms with Gasteiger partial charge >= 0.3 is 6.18 Å². The molecule has 2 aromatic rings. The number of pyridine rings is 1. The highest BCUT2D eigenvalue weighted by Crippen LogP contribution is 2.33. The first-order valence-corrected chi connectivity index (χ1v) is 9.37. The predicted molar refractivity (Wildman–Crippen MR) is 101 cm³/mol. The molecule has 0 saturated carbocycles. The van der Waals surface area contributed by atoms with Gasteiger partial charge in [-0.05, 0) is 18.2 Å². The fourth-order valence-electron chi connectivity index (χ4n) is 3.06. The van der Waals surface area contributed by atoms with Gasteiger partial charge in [0, 0.05) is 38.9 Å². The lowest BCUT2D eigenvalue weighted by atomic mass is 10.2. The van der Waals surface area contributed by atoms with Gasteiger partial charge in [-0.25, -0.2) is 9.37 Å². The van der Waals surface area contributed by atoms with E-state index < -0.39 is 23.7 Å². The van der Waals surface area contributed by atoms with E-state index in [0.717, 1.165) is 12.3 Å². The van der Waals surface area contributed by atoms with Crippen molar-refractivity contribution in [2.45, 2.75) is 12.3 Å². The second-order valence-electron chi connectivity index (χ2n) is 6.71. The first-order chi connectivity index (χ1) is 13.7. The van der Waals surface area contributed by atoms with Crippen molar-refractivity contribution in [2.75, 3.05) is 44.2 Å². The summed E-state index contributed by atoms with van der Waals surface area (Å²) < 4.78 is 57.0. The number of hydrogen-bond donors (Lipinski definition) is 1.